The highest BCUT2D eigenvalue weighted by Gasteiger charge is 2.19. The van der Waals surface area contributed by atoms with Gasteiger partial charge in [0.15, 0.2) is 5.82 Å². The lowest BCUT2D eigenvalue weighted by Crippen LogP contribution is -2.19. The van der Waals surface area contributed by atoms with Gasteiger partial charge >= 0.3 is 6.01 Å². The molecule has 1 unspecified atom stereocenters. The molecule has 10 heteroatoms. The van der Waals surface area contributed by atoms with E-state index in [-0.39, 0.29) is 34.4 Å². The van der Waals surface area contributed by atoms with Crippen molar-refractivity contribution >= 4 is 27.4 Å². The summed E-state index contributed by atoms with van der Waals surface area (Å²) >= 11 is 0. The molecule has 1 atom stereocenters. The Bertz CT molecular complexity index is 1240. The van der Waals surface area contributed by atoms with Gasteiger partial charge in [0, 0.05) is 11.8 Å². The lowest BCUT2D eigenvalue weighted by molar-refractivity contribution is -0.117. The number of nitrogens with zero attached hydrogens (tertiary/aromatic N) is 2. The molecule has 3 aromatic rings. The Hall–Kier alpha value is -3.66. The van der Waals surface area contributed by atoms with Crippen molar-refractivity contribution in [3.8, 4) is 11.9 Å². The van der Waals surface area contributed by atoms with E-state index in [9.17, 15) is 13.2 Å². The van der Waals surface area contributed by atoms with E-state index in [4.69, 9.17) is 9.47 Å². The van der Waals surface area contributed by atoms with E-state index in [1.54, 1.807) is 0 Å². The second kappa shape index (κ2) is 11.2. The summed E-state index contributed by atoms with van der Waals surface area (Å²) in [7, 11) is -1.18. The number of amides is 1. The fraction of sp³-hybridized carbons (Fsp3) is 0.320. The second-order valence-electron chi connectivity index (χ2n) is 8.46. The fourth-order valence-corrected chi connectivity index (χ4v) is 4.37. The van der Waals surface area contributed by atoms with Crippen LogP contribution in [0, 0.1) is 5.92 Å². The predicted octanol–water partition coefficient (Wildman–Crippen LogP) is 4.24. The van der Waals surface area contributed by atoms with Gasteiger partial charge in [0.25, 0.3) is 10.0 Å². The highest BCUT2D eigenvalue weighted by Crippen LogP contribution is 2.23. The maximum atomic E-state index is 12.8. The average molecular weight is 499 g/mol. The maximum Gasteiger partial charge on any atom is 0.321 e. The highest BCUT2D eigenvalue weighted by molar-refractivity contribution is 7.92. The Balaban J connectivity index is 1.67. The number of rotatable bonds is 10. The third kappa shape index (κ3) is 6.92. The quantitative estimate of drug-likeness (QED) is 0.429. The molecule has 0 aliphatic carbocycles. The third-order valence-electron chi connectivity index (χ3n) is 5.26. The molecule has 3 rings (SSSR count). The first-order valence-electron chi connectivity index (χ1n) is 11.1. The van der Waals surface area contributed by atoms with E-state index >= 15 is 0 Å². The standard InChI is InChI=1S/C25H30N4O5S/c1-16(2)14-18-6-8-19(9-7-18)17(3)24(30)26-20-10-12-21(13-11-20)35(31,32)29-22-15-23(33-4)28-25(27-22)34-5/h6-13,15-17H,14H2,1-5H3,(H,26,30)(H,27,28,29). The number of hydrogen-bond donors (Lipinski definition) is 2. The van der Waals surface area contributed by atoms with Gasteiger partial charge in [-0.2, -0.15) is 9.97 Å². The number of nitrogens with one attached hydrogen (secondary N) is 2. The molecule has 0 saturated carbocycles. The summed E-state index contributed by atoms with van der Waals surface area (Å²) in [5.74, 6) is 0.164. The van der Waals surface area contributed by atoms with Crippen molar-refractivity contribution in [3.05, 3.63) is 65.7 Å². The van der Waals surface area contributed by atoms with Crippen LogP contribution in [0.4, 0.5) is 11.5 Å². The van der Waals surface area contributed by atoms with E-state index < -0.39 is 10.0 Å². The molecule has 0 bridgehead atoms. The summed E-state index contributed by atoms with van der Waals surface area (Å²) < 4.78 is 37.9. The number of benzene rings is 2. The largest absolute Gasteiger partial charge is 0.481 e. The first-order chi connectivity index (χ1) is 16.6. The Kier molecular flexibility index (Phi) is 8.29. The molecule has 186 valence electrons. The van der Waals surface area contributed by atoms with Crippen LogP contribution >= 0.6 is 0 Å². The van der Waals surface area contributed by atoms with Crippen molar-refractivity contribution in [2.24, 2.45) is 5.92 Å². The molecule has 0 spiro atoms. The first-order valence-corrected chi connectivity index (χ1v) is 12.6. The minimum absolute atomic E-state index is 0.000633. The number of carbonyl (C=O) groups excluding carboxylic acids is 1. The summed E-state index contributed by atoms with van der Waals surface area (Å²) in [5.41, 5.74) is 2.64. The molecular weight excluding hydrogens is 468 g/mol. The molecule has 0 saturated heterocycles. The fourth-order valence-electron chi connectivity index (χ4n) is 3.38. The molecule has 0 aliphatic heterocycles. The molecule has 35 heavy (non-hydrogen) atoms. The number of carbonyl (C=O) groups is 1. The highest BCUT2D eigenvalue weighted by atomic mass is 32.2. The van der Waals surface area contributed by atoms with E-state index in [0.717, 1.165) is 12.0 Å². The topological polar surface area (TPSA) is 120 Å². The van der Waals surface area contributed by atoms with Crippen LogP contribution in [0.5, 0.6) is 11.9 Å². The van der Waals surface area contributed by atoms with Gasteiger partial charge in [0.2, 0.25) is 11.8 Å². The van der Waals surface area contributed by atoms with Crippen LogP contribution in [0.2, 0.25) is 0 Å². The van der Waals surface area contributed by atoms with Crippen molar-refractivity contribution < 1.29 is 22.7 Å². The Labute approximate surface area is 206 Å². The van der Waals surface area contributed by atoms with Gasteiger partial charge in [0.1, 0.15) is 0 Å². The third-order valence-corrected chi connectivity index (χ3v) is 6.63. The molecule has 0 aliphatic rings. The molecule has 0 fully saturated rings. The van der Waals surface area contributed by atoms with Crippen LogP contribution in [0.25, 0.3) is 0 Å². The van der Waals surface area contributed by atoms with E-state index in [2.05, 4.69) is 46.0 Å². The number of aromatic nitrogens is 2. The van der Waals surface area contributed by atoms with Crippen molar-refractivity contribution in [2.75, 3.05) is 24.3 Å². The van der Waals surface area contributed by atoms with Crippen molar-refractivity contribution in [1.29, 1.82) is 0 Å². The zero-order valence-corrected chi connectivity index (χ0v) is 21.2. The Morgan fingerprint density at radius 2 is 1.60 bits per heavy atom. The molecule has 1 aromatic heterocycles. The van der Waals surface area contributed by atoms with Crippen molar-refractivity contribution in [2.45, 2.75) is 38.0 Å². The number of anilines is 2. The van der Waals surface area contributed by atoms with Crippen LogP contribution in [-0.2, 0) is 21.2 Å². The van der Waals surface area contributed by atoms with Gasteiger partial charge in [-0.1, -0.05) is 38.1 Å². The van der Waals surface area contributed by atoms with Crippen molar-refractivity contribution in [3.63, 3.8) is 0 Å². The van der Waals surface area contributed by atoms with E-state index in [0.29, 0.717) is 11.6 Å². The van der Waals surface area contributed by atoms with Crippen LogP contribution < -0.4 is 19.5 Å². The molecule has 1 amide bonds. The Morgan fingerprint density at radius 1 is 0.943 bits per heavy atom. The number of methoxy groups -OCH3 is 2. The van der Waals surface area contributed by atoms with Crippen LogP contribution in [0.3, 0.4) is 0 Å². The number of hydrogen-bond acceptors (Lipinski definition) is 7. The summed E-state index contributed by atoms with van der Waals surface area (Å²) in [4.78, 5) is 20.6. The Morgan fingerprint density at radius 3 is 2.17 bits per heavy atom. The van der Waals surface area contributed by atoms with Gasteiger partial charge in [-0.05, 0) is 54.7 Å². The van der Waals surface area contributed by atoms with Gasteiger partial charge in [0.05, 0.1) is 25.0 Å². The smallest absolute Gasteiger partial charge is 0.321 e. The summed E-state index contributed by atoms with van der Waals surface area (Å²) in [5, 5.41) is 2.84. The van der Waals surface area contributed by atoms with Gasteiger partial charge in [-0.25, -0.2) is 8.42 Å². The van der Waals surface area contributed by atoms with Gasteiger partial charge in [-0.3, -0.25) is 9.52 Å². The molecular formula is C25H30N4O5S. The normalized spacial score (nSPS) is 12.2. The van der Waals surface area contributed by atoms with Crippen LogP contribution in [0.1, 0.15) is 37.8 Å². The maximum absolute atomic E-state index is 12.8. The molecule has 1 heterocycles. The molecule has 0 radical (unpaired) electrons. The van der Waals surface area contributed by atoms with Crippen LogP contribution in [0.15, 0.2) is 59.5 Å². The zero-order chi connectivity index (χ0) is 25.6. The lowest BCUT2D eigenvalue weighted by atomic mass is 9.96. The lowest BCUT2D eigenvalue weighted by Gasteiger charge is -2.14. The number of ether oxygens (including phenoxy) is 2. The monoisotopic (exact) mass is 498 g/mol. The van der Waals surface area contributed by atoms with Crippen molar-refractivity contribution in [1.82, 2.24) is 9.97 Å². The first kappa shape index (κ1) is 26.0. The number of sulfonamides is 1. The van der Waals surface area contributed by atoms with Gasteiger partial charge < -0.3 is 14.8 Å². The average Bonchev–Trinajstić information content (AvgIpc) is 2.83. The molecule has 2 aromatic carbocycles. The zero-order valence-electron chi connectivity index (χ0n) is 20.4. The molecule has 2 N–H and O–H groups in total. The predicted molar refractivity (Wildman–Crippen MR) is 134 cm³/mol. The second-order valence-corrected chi connectivity index (χ2v) is 10.1. The SMILES string of the molecule is COc1cc(NS(=O)(=O)c2ccc(NC(=O)C(C)c3ccc(CC(C)C)cc3)cc2)nc(OC)n1. The minimum Gasteiger partial charge on any atom is -0.481 e. The van der Waals surface area contributed by atoms with Crippen LogP contribution in [-0.4, -0.2) is 38.5 Å². The van der Waals surface area contributed by atoms with E-state index in [1.165, 1.54) is 50.1 Å². The summed E-state index contributed by atoms with van der Waals surface area (Å²) in [6.45, 7) is 6.17. The molecule has 9 nitrogen and oxygen atoms in total. The summed E-state index contributed by atoms with van der Waals surface area (Å²) in [6, 6.07) is 15.2. The van der Waals surface area contributed by atoms with E-state index in [1.807, 2.05) is 19.1 Å². The van der Waals surface area contributed by atoms with Gasteiger partial charge in [-0.15, -0.1) is 0 Å². The minimum atomic E-state index is -3.94. The summed E-state index contributed by atoms with van der Waals surface area (Å²) in [6.07, 6.45) is 0.989.